The molecule has 5 saturated heterocycles. The Kier molecular flexibility index (Phi) is 22.3. The molecule has 3 saturated carbocycles. The zero-order valence-electron chi connectivity index (χ0n) is 51.8. The molecule has 0 bridgehead atoms. The molecule has 9 aliphatic rings. The van der Waals surface area contributed by atoms with E-state index in [4.69, 9.17) is 47.4 Å². The smallest absolute Gasteiger partial charge is 0.187 e. The Morgan fingerprint density at radius 2 is 0.966 bits per heavy atom. The Bertz CT molecular complexity index is 2350. The molecular formula is C60H102O29. The first kappa shape index (κ1) is 71.9. The number of ether oxygens (including phenoxy) is 10. The zero-order chi connectivity index (χ0) is 65.5. The molecular weight excluding hydrogens is 1180 g/mol. The van der Waals surface area contributed by atoms with Crippen molar-refractivity contribution in [1.29, 1.82) is 0 Å². The minimum absolute atomic E-state index is 0.0138. The number of aliphatic hydroxyl groups is 19. The van der Waals surface area contributed by atoms with Crippen LogP contribution in [0.1, 0.15) is 107 Å². The molecule has 8 fully saturated rings. The largest absolute Gasteiger partial charge is 0.394 e. The van der Waals surface area contributed by atoms with Gasteiger partial charge in [0.2, 0.25) is 0 Å². The number of fused-ring (bicyclic) bond motifs is 5. The first-order valence-electron chi connectivity index (χ1n) is 31.6. The summed E-state index contributed by atoms with van der Waals surface area (Å²) in [6.45, 7) is 12.6. The van der Waals surface area contributed by atoms with Crippen LogP contribution in [0.5, 0.6) is 0 Å². The van der Waals surface area contributed by atoms with Gasteiger partial charge in [-0.2, -0.15) is 0 Å². The minimum atomic E-state index is -1.93. The van der Waals surface area contributed by atoms with Gasteiger partial charge in [0.25, 0.3) is 0 Å². The third-order valence-electron chi connectivity index (χ3n) is 22.9. The van der Waals surface area contributed by atoms with E-state index in [2.05, 4.69) is 33.8 Å². The van der Waals surface area contributed by atoms with Crippen LogP contribution in [0, 0.1) is 45.3 Å². The first-order valence-corrected chi connectivity index (χ1v) is 31.6. The van der Waals surface area contributed by atoms with Crippen LogP contribution in [0.15, 0.2) is 11.6 Å². The number of hydrogen-bond acceptors (Lipinski definition) is 29. The van der Waals surface area contributed by atoms with E-state index in [0.29, 0.717) is 32.1 Å². The number of rotatable bonds is 20. The van der Waals surface area contributed by atoms with E-state index < -0.39 is 221 Å². The van der Waals surface area contributed by atoms with Gasteiger partial charge >= 0.3 is 0 Å². The lowest BCUT2D eigenvalue weighted by Gasteiger charge is -2.67. The predicted octanol–water partition coefficient (Wildman–Crippen LogP) is -5.41. The fourth-order valence-electron chi connectivity index (χ4n) is 17.0. The van der Waals surface area contributed by atoms with Crippen LogP contribution in [-0.2, 0) is 47.4 Å². The summed E-state index contributed by atoms with van der Waals surface area (Å²) in [4.78, 5) is 0. The van der Waals surface area contributed by atoms with Crippen LogP contribution in [0.4, 0.5) is 0 Å². The van der Waals surface area contributed by atoms with Crippen molar-refractivity contribution >= 4 is 0 Å². The van der Waals surface area contributed by atoms with E-state index in [1.165, 1.54) is 13.8 Å². The fourth-order valence-corrected chi connectivity index (χ4v) is 17.0. The summed E-state index contributed by atoms with van der Waals surface area (Å²) >= 11 is 0. The molecule has 35 atom stereocenters. The molecule has 19 N–H and O–H groups in total. The Labute approximate surface area is 517 Å². The molecule has 5 aliphatic heterocycles. The molecule has 516 valence electrons. The standard InChI is InChI=1S/C60H102O29/c1-23(9-13-35(57(4,5)79)88-53-48(77)44(73)40(69)31(86-53)22-81-55-50(45(74)38(67)29(20-63)84-55)89-54-49(78)42(71)37(66)28(19-62)83-54)24-15-16-58(6)32-12-10-25-26(60(32,8)33(64)17-59(24,58)7)11-14-34(56(25,2)3)87-52-47(76)43(72)39(68)30(85-52)21-80-51-46(75)41(70)36(65)27(18-61)82-51/h10,23-24,26-55,61-79H,9,11-22H2,1-8H3. The van der Waals surface area contributed by atoms with Gasteiger partial charge in [-0.05, 0) is 99.7 Å². The van der Waals surface area contributed by atoms with Crippen LogP contribution in [0.3, 0.4) is 0 Å². The summed E-state index contributed by atoms with van der Waals surface area (Å²) in [5, 5.41) is 205. The second kappa shape index (κ2) is 27.6. The highest BCUT2D eigenvalue weighted by atomic mass is 16.8. The highest BCUT2D eigenvalue weighted by molar-refractivity contribution is 5.32. The maximum Gasteiger partial charge on any atom is 0.187 e. The summed E-state index contributed by atoms with van der Waals surface area (Å²) in [6, 6.07) is 0. The van der Waals surface area contributed by atoms with Gasteiger partial charge in [0.05, 0.1) is 56.9 Å². The molecule has 0 aromatic carbocycles. The molecule has 0 radical (unpaired) electrons. The summed E-state index contributed by atoms with van der Waals surface area (Å²) in [7, 11) is 0. The van der Waals surface area contributed by atoms with Gasteiger partial charge in [-0.1, -0.05) is 53.2 Å². The van der Waals surface area contributed by atoms with E-state index in [9.17, 15) is 97.0 Å². The number of allylic oxidation sites excluding steroid dienone is 1. The highest BCUT2D eigenvalue weighted by Crippen LogP contribution is 2.75. The molecule has 0 spiro atoms. The summed E-state index contributed by atoms with van der Waals surface area (Å²) in [5.74, 6) is 0.123. The quantitative estimate of drug-likeness (QED) is 0.0506. The van der Waals surface area contributed by atoms with Crippen molar-refractivity contribution < 1.29 is 144 Å². The van der Waals surface area contributed by atoms with Crippen molar-refractivity contribution in [1.82, 2.24) is 0 Å². The van der Waals surface area contributed by atoms with Gasteiger partial charge in [-0.25, -0.2) is 0 Å². The number of aliphatic hydroxyl groups excluding tert-OH is 18. The van der Waals surface area contributed by atoms with Gasteiger partial charge < -0.3 is 144 Å². The topological polar surface area (TPSA) is 477 Å². The minimum Gasteiger partial charge on any atom is -0.394 e. The van der Waals surface area contributed by atoms with Crippen LogP contribution >= 0.6 is 0 Å². The molecule has 29 heteroatoms. The van der Waals surface area contributed by atoms with Crippen LogP contribution in [-0.4, -0.2) is 308 Å². The fraction of sp³-hybridized carbons (Fsp3) is 0.967. The van der Waals surface area contributed by atoms with Crippen molar-refractivity contribution in [3.05, 3.63) is 11.6 Å². The number of hydrogen-bond donors (Lipinski definition) is 19. The van der Waals surface area contributed by atoms with Crippen LogP contribution in [0.2, 0.25) is 0 Å². The van der Waals surface area contributed by atoms with Gasteiger partial charge in [-0.15, -0.1) is 0 Å². The van der Waals surface area contributed by atoms with Gasteiger partial charge in [0, 0.05) is 10.8 Å². The summed E-state index contributed by atoms with van der Waals surface area (Å²) in [5.41, 5.74) is -2.28. The van der Waals surface area contributed by atoms with Crippen molar-refractivity contribution in [2.24, 2.45) is 45.3 Å². The maximum absolute atomic E-state index is 12.8. The van der Waals surface area contributed by atoms with Crippen molar-refractivity contribution in [3.8, 4) is 0 Å². The Morgan fingerprint density at radius 1 is 0.517 bits per heavy atom. The second-order valence-electron chi connectivity index (χ2n) is 28.7. The zero-order valence-corrected chi connectivity index (χ0v) is 51.8. The molecule has 29 nitrogen and oxygen atoms in total. The van der Waals surface area contributed by atoms with Crippen LogP contribution in [0.25, 0.3) is 0 Å². The summed E-state index contributed by atoms with van der Waals surface area (Å²) < 4.78 is 58.9. The van der Waals surface area contributed by atoms with Crippen LogP contribution < -0.4 is 0 Å². The van der Waals surface area contributed by atoms with E-state index in [1.54, 1.807) is 0 Å². The lowest BCUT2D eigenvalue weighted by Crippen LogP contribution is -2.65. The molecule has 89 heavy (non-hydrogen) atoms. The molecule has 35 unspecified atom stereocenters. The van der Waals surface area contributed by atoms with Crippen molar-refractivity contribution in [3.63, 3.8) is 0 Å². The van der Waals surface area contributed by atoms with E-state index >= 15 is 0 Å². The Morgan fingerprint density at radius 3 is 1.51 bits per heavy atom. The molecule has 9 rings (SSSR count). The molecule has 4 aliphatic carbocycles. The van der Waals surface area contributed by atoms with E-state index in [-0.39, 0.29) is 40.9 Å². The molecule has 0 aromatic rings. The third-order valence-corrected chi connectivity index (χ3v) is 22.9. The van der Waals surface area contributed by atoms with Gasteiger partial charge in [-0.3, -0.25) is 0 Å². The maximum atomic E-state index is 12.8. The monoisotopic (exact) mass is 1290 g/mol. The van der Waals surface area contributed by atoms with Crippen molar-refractivity contribution in [2.75, 3.05) is 33.0 Å². The Hall–Kier alpha value is -1.42. The lowest BCUT2D eigenvalue weighted by atomic mass is 9.38. The van der Waals surface area contributed by atoms with E-state index in [1.807, 2.05) is 13.8 Å². The van der Waals surface area contributed by atoms with Gasteiger partial charge in [0.15, 0.2) is 31.5 Å². The van der Waals surface area contributed by atoms with Crippen molar-refractivity contribution in [2.45, 2.75) is 284 Å². The highest BCUT2D eigenvalue weighted by Gasteiger charge is 2.70. The van der Waals surface area contributed by atoms with E-state index in [0.717, 1.165) is 18.4 Å². The average molecular weight is 1290 g/mol. The molecule has 0 aromatic heterocycles. The summed E-state index contributed by atoms with van der Waals surface area (Å²) in [6.07, 6.45) is -37.0. The third kappa shape index (κ3) is 13.1. The second-order valence-corrected chi connectivity index (χ2v) is 28.7. The molecule has 0 amide bonds. The molecule has 5 heterocycles. The first-order chi connectivity index (χ1) is 41.6. The van der Waals surface area contributed by atoms with Gasteiger partial charge in [0.1, 0.15) is 122 Å². The average Bonchev–Trinajstić information content (AvgIpc) is 1.66. The predicted molar refractivity (Wildman–Crippen MR) is 300 cm³/mol. The SMILES string of the molecule is CC(CCC(OC1OC(COC2OC(CO)C(O)C(O)C2OC2OC(CO)C(O)C(O)C2O)C(O)C(O)C1O)C(C)(C)O)C1CCC2(C)C3CC=C4C(CCC(OC5OC(COC6OC(CO)C(O)C(O)C6O)C(O)C(O)C5O)C4(C)C)C3(C)C(O)CC12C. The Balaban J connectivity index is 0.836. The normalized spacial score (nSPS) is 51.8. The lowest BCUT2D eigenvalue weighted by molar-refractivity contribution is -0.374.